The Morgan fingerprint density at radius 1 is 1.00 bits per heavy atom. The first-order valence-electron chi connectivity index (χ1n) is 12.8. The van der Waals surface area contributed by atoms with Crippen molar-refractivity contribution in [3.63, 3.8) is 0 Å². The second kappa shape index (κ2) is 10.9. The second-order valence-corrected chi connectivity index (χ2v) is 11.1. The molecule has 0 aliphatic carbocycles. The summed E-state index contributed by atoms with van der Waals surface area (Å²) in [6.45, 7) is 8.07. The highest BCUT2D eigenvalue weighted by atomic mass is 16.6. The Morgan fingerprint density at radius 2 is 1.65 bits per heavy atom. The molecule has 3 aliphatic rings. The van der Waals surface area contributed by atoms with Gasteiger partial charge in [0.15, 0.2) is 12.1 Å². The second-order valence-electron chi connectivity index (χ2n) is 11.1. The number of amides is 1. The zero-order valence-electron chi connectivity index (χ0n) is 22.1. The number of piperidine rings is 3. The number of carbonyl (C=O) groups excluding carboxylic acids is 3. The number of rotatable bonds is 8. The monoisotopic (exact) mass is 509 g/mol. The first-order valence-corrected chi connectivity index (χ1v) is 12.8. The molecule has 2 aromatic rings. The van der Waals surface area contributed by atoms with Gasteiger partial charge in [0.2, 0.25) is 5.78 Å². The minimum Gasteiger partial charge on any atom is -0.497 e. The van der Waals surface area contributed by atoms with Crippen LogP contribution in [0.3, 0.4) is 0 Å². The van der Waals surface area contributed by atoms with Crippen molar-refractivity contribution < 1.29 is 33.1 Å². The number of benzene rings is 2. The normalized spacial score (nSPS) is 23.6. The van der Waals surface area contributed by atoms with E-state index in [0.29, 0.717) is 34.4 Å². The largest absolute Gasteiger partial charge is 0.497 e. The number of Topliss-reactive ketones (excluding diaryl/α,β-unsaturated/α-hetero) is 1. The van der Waals surface area contributed by atoms with E-state index < -0.39 is 23.7 Å². The van der Waals surface area contributed by atoms with Gasteiger partial charge in [-0.1, -0.05) is 42.5 Å². The molecule has 0 radical (unpaired) electrons. The molecule has 2 atom stereocenters. The van der Waals surface area contributed by atoms with E-state index in [1.54, 1.807) is 52.1 Å². The third-order valence-corrected chi connectivity index (χ3v) is 7.23. The maximum absolute atomic E-state index is 13.5. The summed E-state index contributed by atoms with van der Waals surface area (Å²) in [5, 5.41) is 2.69. The van der Waals surface area contributed by atoms with E-state index in [1.165, 1.54) is 0 Å². The Hall–Kier alpha value is -3.39. The van der Waals surface area contributed by atoms with Gasteiger partial charge in [0.1, 0.15) is 24.4 Å². The van der Waals surface area contributed by atoms with Crippen LogP contribution in [0.1, 0.15) is 55.6 Å². The van der Waals surface area contributed by atoms with Gasteiger partial charge in [-0.3, -0.25) is 4.79 Å². The van der Waals surface area contributed by atoms with Crippen LogP contribution in [-0.2, 0) is 14.3 Å². The summed E-state index contributed by atoms with van der Waals surface area (Å²) in [6.07, 6.45) is 0.773. The molecule has 2 aromatic carbocycles. The van der Waals surface area contributed by atoms with Crippen LogP contribution in [0.4, 0.5) is 4.79 Å². The number of ether oxygens (including phenoxy) is 3. The molecule has 2 bridgehead atoms. The molecule has 0 spiro atoms. The van der Waals surface area contributed by atoms with Crippen molar-refractivity contribution in [2.75, 3.05) is 33.3 Å². The summed E-state index contributed by atoms with van der Waals surface area (Å²) in [7, 11) is 1.56. The average Bonchev–Trinajstić information content (AvgIpc) is 2.87. The Balaban J connectivity index is 1.49. The lowest BCUT2D eigenvalue weighted by atomic mass is 9.82. The first kappa shape index (κ1) is 26.7. The number of nitrogens with one attached hydrogen (secondary N) is 1. The predicted molar refractivity (Wildman–Crippen MR) is 138 cm³/mol. The topological polar surface area (TPSA) is 90.9 Å². The van der Waals surface area contributed by atoms with E-state index in [1.807, 2.05) is 30.3 Å². The van der Waals surface area contributed by atoms with E-state index in [4.69, 9.17) is 14.2 Å². The molecule has 198 valence electrons. The highest BCUT2D eigenvalue weighted by Gasteiger charge is 2.49. The average molecular weight is 510 g/mol. The smallest absolute Gasteiger partial charge is 0.408 e. The SMILES string of the molecule is COc1ccc(C(NC(=O)OC(C)(C)C)C(=O)OC2C[N+]3(CC(=O)c4ccccc4)CCC2CC3)cc1. The molecule has 5 rings (SSSR count). The summed E-state index contributed by atoms with van der Waals surface area (Å²) in [6, 6.07) is 15.2. The van der Waals surface area contributed by atoms with Gasteiger partial charge in [-0.05, 0) is 38.5 Å². The fraction of sp³-hybridized carbons (Fsp3) is 0.483. The maximum Gasteiger partial charge on any atom is 0.408 e. The zero-order valence-corrected chi connectivity index (χ0v) is 22.1. The van der Waals surface area contributed by atoms with Crippen LogP contribution in [0.15, 0.2) is 54.6 Å². The van der Waals surface area contributed by atoms with Gasteiger partial charge in [0, 0.05) is 24.3 Å². The van der Waals surface area contributed by atoms with Gasteiger partial charge in [0.05, 0.1) is 20.2 Å². The number of hydrogen-bond donors (Lipinski definition) is 1. The molecule has 8 nitrogen and oxygen atoms in total. The summed E-state index contributed by atoms with van der Waals surface area (Å²) in [5.74, 6) is 0.449. The van der Waals surface area contributed by atoms with Crippen molar-refractivity contribution >= 4 is 17.8 Å². The van der Waals surface area contributed by atoms with Crippen molar-refractivity contribution in [1.29, 1.82) is 0 Å². The molecule has 3 saturated heterocycles. The summed E-state index contributed by atoms with van der Waals surface area (Å²) >= 11 is 0. The van der Waals surface area contributed by atoms with Gasteiger partial charge >= 0.3 is 12.1 Å². The minimum atomic E-state index is -1.03. The highest BCUT2D eigenvalue weighted by molar-refractivity contribution is 5.97. The fourth-order valence-corrected chi connectivity index (χ4v) is 5.31. The van der Waals surface area contributed by atoms with Crippen LogP contribution >= 0.6 is 0 Å². The zero-order chi connectivity index (χ0) is 26.6. The van der Waals surface area contributed by atoms with Crippen LogP contribution in [-0.4, -0.2) is 67.3 Å². The molecule has 3 aliphatic heterocycles. The number of carbonyl (C=O) groups is 3. The van der Waals surface area contributed by atoms with E-state index in [0.717, 1.165) is 25.9 Å². The molecular weight excluding hydrogens is 472 g/mol. The maximum atomic E-state index is 13.5. The number of methoxy groups -OCH3 is 1. The standard InChI is InChI=1S/C29H36N2O6/c1-29(2,3)37-28(34)30-26(22-10-12-23(35-4)13-11-22)27(33)36-25-19-31(16-14-21(25)15-17-31)18-24(32)20-8-6-5-7-9-20/h5-13,21,25-26H,14-19H2,1-4H3/p+1. The lowest BCUT2D eigenvalue weighted by Crippen LogP contribution is -2.66. The molecule has 8 heteroatoms. The predicted octanol–water partition coefficient (Wildman–Crippen LogP) is 4.30. The van der Waals surface area contributed by atoms with Gasteiger partial charge in [0.25, 0.3) is 0 Å². The van der Waals surface area contributed by atoms with E-state index in [9.17, 15) is 14.4 Å². The number of fused-ring (bicyclic) bond motifs is 3. The molecule has 1 N–H and O–H groups in total. The third kappa shape index (κ3) is 6.68. The third-order valence-electron chi connectivity index (χ3n) is 7.23. The number of nitrogens with zero attached hydrogens (tertiary/aromatic N) is 1. The van der Waals surface area contributed by atoms with Gasteiger partial charge in [-0.25, -0.2) is 9.59 Å². The molecule has 0 saturated carbocycles. The molecule has 3 fully saturated rings. The van der Waals surface area contributed by atoms with Crippen molar-refractivity contribution in [2.45, 2.75) is 51.4 Å². The molecular formula is C29H37N2O6+. The van der Waals surface area contributed by atoms with Gasteiger partial charge < -0.3 is 24.0 Å². The van der Waals surface area contributed by atoms with E-state index in [2.05, 4.69) is 5.32 Å². The summed E-state index contributed by atoms with van der Waals surface area (Å²) in [4.78, 5) is 39.1. The van der Waals surface area contributed by atoms with E-state index >= 15 is 0 Å². The van der Waals surface area contributed by atoms with Crippen molar-refractivity contribution in [3.05, 3.63) is 65.7 Å². The molecule has 37 heavy (non-hydrogen) atoms. The Morgan fingerprint density at radius 3 is 2.24 bits per heavy atom. The van der Waals surface area contributed by atoms with Crippen molar-refractivity contribution in [1.82, 2.24) is 5.32 Å². The van der Waals surface area contributed by atoms with Crippen molar-refractivity contribution in [3.8, 4) is 5.75 Å². The molecule has 3 heterocycles. The number of ketones is 1. The summed E-state index contributed by atoms with van der Waals surface area (Å²) in [5.41, 5.74) is 0.564. The fourth-order valence-electron chi connectivity index (χ4n) is 5.31. The number of alkyl carbamates (subject to hydrolysis) is 1. The van der Waals surface area contributed by atoms with Gasteiger partial charge in [-0.2, -0.15) is 0 Å². The molecule has 1 amide bonds. The minimum absolute atomic E-state index is 0.105. The van der Waals surface area contributed by atoms with Crippen LogP contribution < -0.4 is 10.1 Å². The first-order chi connectivity index (χ1) is 17.6. The summed E-state index contributed by atoms with van der Waals surface area (Å²) < 4.78 is 17.3. The Kier molecular flexibility index (Phi) is 7.87. The molecule has 2 unspecified atom stereocenters. The van der Waals surface area contributed by atoms with E-state index in [-0.39, 0.29) is 17.8 Å². The van der Waals surface area contributed by atoms with Crippen molar-refractivity contribution in [2.24, 2.45) is 5.92 Å². The van der Waals surface area contributed by atoms with Crippen LogP contribution in [0.2, 0.25) is 0 Å². The number of quaternary nitrogens is 1. The Bertz CT molecular complexity index is 1100. The molecule has 0 aromatic heterocycles. The highest BCUT2D eigenvalue weighted by Crippen LogP contribution is 2.36. The number of esters is 1. The lowest BCUT2D eigenvalue weighted by molar-refractivity contribution is -0.938. The Labute approximate surface area is 218 Å². The van der Waals surface area contributed by atoms with Crippen LogP contribution in [0, 0.1) is 5.92 Å². The van der Waals surface area contributed by atoms with Gasteiger partial charge in [-0.15, -0.1) is 0 Å². The van der Waals surface area contributed by atoms with Crippen LogP contribution in [0.25, 0.3) is 0 Å². The lowest BCUT2D eigenvalue weighted by Gasteiger charge is -2.51. The van der Waals surface area contributed by atoms with Crippen LogP contribution in [0.5, 0.6) is 5.75 Å². The number of hydrogen-bond acceptors (Lipinski definition) is 6. The quantitative estimate of drug-likeness (QED) is 0.324.